The first-order valence-electron chi connectivity index (χ1n) is 8.71. The maximum Gasteiger partial charge on any atom is 0.0478 e. The van der Waals surface area contributed by atoms with Crippen LogP contribution in [0, 0.1) is 5.92 Å². The molecule has 4 atom stereocenters. The molecule has 0 saturated carbocycles. The molecule has 118 valence electrons. The number of hydrogen-bond acceptors (Lipinski definition) is 2. The van der Waals surface area contributed by atoms with Gasteiger partial charge in [0, 0.05) is 24.7 Å². The summed E-state index contributed by atoms with van der Waals surface area (Å²) in [7, 11) is 0. The molecule has 1 heterocycles. The van der Waals surface area contributed by atoms with Crippen molar-refractivity contribution in [2.24, 2.45) is 5.92 Å². The molecule has 4 unspecified atom stereocenters. The standard InChI is InChI=1S/C19H32N2/c1-5-18(21-14-15(3)12-13-16(21)4)19(20-6-2)17-10-8-7-9-11-17/h7-11,15-16,18-20H,5-6,12-14H2,1-4H3. The monoisotopic (exact) mass is 288 g/mol. The van der Waals surface area contributed by atoms with Crippen LogP contribution in [0.2, 0.25) is 0 Å². The van der Waals surface area contributed by atoms with Gasteiger partial charge in [-0.25, -0.2) is 0 Å². The minimum atomic E-state index is 0.439. The van der Waals surface area contributed by atoms with Gasteiger partial charge in [0.2, 0.25) is 0 Å². The normalized spacial score (nSPS) is 26.5. The third-order valence-corrected chi connectivity index (χ3v) is 4.98. The van der Waals surface area contributed by atoms with Crippen LogP contribution in [0.1, 0.15) is 58.6 Å². The second-order valence-corrected chi connectivity index (χ2v) is 6.65. The number of hydrogen-bond donors (Lipinski definition) is 1. The van der Waals surface area contributed by atoms with E-state index in [1.165, 1.54) is 31.4 Å². The van der Waals surface area contributed by atoms with Crippen LogP contribution in [0.3, 0.4) is 0 Å². The number of rotatable bonds is 6. The number of nitrogens with one attached hydrogen (secondary N) is 1. The largest absolute Gasteiger partial charge is 0.309 e. The van der Waals surface area contributed by atoms with E-state index in [9.17, 15) is 0 Å². The van der Waals surface area contributed by atoms with Gasteiger partial charge in [0.25, 0.3) is 0 Å². The van der Waals surface area contributed by atoms with E-state index in [-0.39, 0.29) is 0 Å². The summed E-state index contributed by atoms with van der Waals surface area (Å²) >= 11 is 0. The number of nitrogens with zero attached hydrogens (tertiary/aromatic N) is 1. The van der Waals surface area contributed by atoms with E-state index in [2.05, 4.69) is 68.2 Å². The second kappa shape index (κ2) is 7.95. The SMILES string of the molecule is CCNC(c1ccccc1)C(CC)N1CC(C)CCC1C. The fourth-order valence-electron chi connectivity index (χ4n) is 3.80. The molecule has 21 heavy (non-hydrogen) atoms. The van der Waals surface area contributed by atoms with Gasteiger partial charge in [-0.3, -0.25) is 4.90 Å². The van der Waals surface area contributed by atoms with Gasteiger partial charge in [-0.15, -0.1) is 0 Å². The highest BCUT2D eigenvalue weighted by Gasteiger charge is 2.33. The summed E-state index contributed by atoms with van der Waals surface area (Å²) in [5, 5.41) is 3.74. The van der Waals surface area contributed by atoms with Gasteiger partial charge in [0.1, 0.15) is 0 Å². The zero-order valence-electron chi connectivity index (χ0n) is 14.2. The van der Waals surface area contributed by atoms with Gasteiger partial charge in [0.05, 0.1) is 0 Å². The Morgan fingerprint density at radius 2 is 1.86 bits per heavy atom. The van der Waals surface area contributed by atoms with Crippen LogP contribution in [0.15, 0.2) is 30.3 Å². The van der Waals surface area contributed by atoms with Crippen LogP contribution in [0.5, 0.6) is 0 Å². The summed E-state index contributed by atoms with van der Waals surface area (Å²) in [5.41, 5.74) is 1.43. The maximum absolute atomic E-state index is 3.74. The molecule has 0 aromatic heterocycles. The van der Waals surface area contributed by atoms with Gasteiger partial charge in [-0.05, 0) is 44.2 Å². The molecular weight excluding hydrogens is 256 g/mol. The topological polar surface area (TPSA) is 15.3 Å². The summed E-state index contributed by atoms with van der Waals surface area (Å²) in [6.45, 7) is 11.6. The van der Waals surface area contributed by atoms with Crippen molar-refractivity contribution in [3.8, 4) is 0 Å². The number of piperidine rings is 1. The van der Waals surface area contributed by atoms with Crippen LogP contribution in [-0.2, 0) is 0 Å². The molecule has 1 N–H and O–H groups in total. The Bertz CT molecular complexity index is 403. The number of likely N-dealkylation sites (tertiary alicyclic amines) is 1. The Morgan fingerprint density at radius 1 is 1.14 bits per heavy atom. The van der Waals surface area contributed by atoms with Gasteiger partial charge in [-0.1, -0.05) is 51.1 Å². The lowest BCUT2D eigenvalue weighted by Gasteiger charge is -2.45. The van der Waals surface area contributed by atoms with E-state index >= 15 is 0 Å². The lowest BCUT2D eigenvalue weighted by Crippen LogP contribution is -2.52. The fourth-order valence-corrected chi connectivity index (χ4v) is 3.80. The summed E-state index contributed by atoms with van der Waals surface area (Å²) in [6, 6.07) is 12.7. The second-order valence-electron chi connectivity index (χ2n) is 6.65. The predicted molar refractivity (Wildman–Crippen MR) is 91.5 cm³/mol. The molecule has 1 fully saturated rings. The first-order chi connectivity index (χ1) is 10.2. The fraction of sp³-hybridized carbons (Fsp3) is 0.684. The Hall–Kier alpha value is -0.860. The van der Waals surface area contributed by atoms with Gasteiger partial charge < -0.3 is 5.32 Å². The third kappa shape index (κ3) is 4.08. The average molecular weight is 288 g/mol. The molecule has 2 nitrogen and oxygen atoms in total. The van der Waals surface area contributed by atoms with Crippen molar-refractivity contribution in [3.05, 3.63) is 35.9 Å². The Kier molecular flexibility index (Phi) is 6.25. The Morgan fingerprint density at radius 3 is 2.48 bits per heavy atom. The highest BCUT2D eigenvalue weighted by Crippen LogP contribution is 2.30. The molecule has 1 aliphatic heterocycles. The molecule has 2 heteroatoms. The average Bonchev–Trinajstić information content (AvgIpc) is 2.51. The highest BCUT2D eigenvalue weighted by atomic mass is 15.2. The smallest absolute Gasteiger partial charge is 0.0478 e. The van der Waals surface area contributed by atoms with E-state index in [1.807, 2.05) is 0 Å². The van der Waals surface area contributed by atoms with Crippen molar-refractivity contribution in [1.82, 2.24) is 10.2 Å². The van der Waals surface area contributed by atoms with Crippen molar-refractivity contribution in [2.45, 2.75) is 65.1 Å². The minimum Gasteiger partial charge on any atom is -0.309 e. The van der Waals surface area contributed by atoms with Crippen LogP contribution >= 0.6 is 0 Å². The zero-order chi connectivity index (χ0) is 15.2. The molecule has 0 aliphatic carbocycles. The minimum absolute atomic E-state index is 0.439. The molecule has 1 aliphatic rings. The van der Waals surface area contributed by atoms with Crippen LogP contribution in [0.4, 0.5) is 0 Å². The predicted octanol–water partition coefficient (Wildman–Crippen LogP) is 4.24. The summed E-state index contributed by atoms with van der Waals surface area (Å²) in [6.07, 6.45) is 3.92. The number of benzene rings is 1. The molecule has 1 saturated heterocycles. The van der Waals surface area contributed by atoms with Crippen molar-refractivity contribution in [2.75, 3.05) is 13.1 Å². The Labute approximate surface area is 130 Å². The molecule has 1 aromatic carbocycles. The molecule has 0 radical (unpaired) electrons. The molecule has 0 amide bonds. The summed E-state index contributed by atoms with van der Waals surface area (Å²) in [5.74, 6) is 0.827. The maximum atomic E-state index is 3.74. The van der Waals surface area contributed by atoms with Crippen LogP contribution in [0.25, 0.3) is 0 Å². The van der Waals surface area contributed by atoms with Crippen LogP contribution in [-0.4, -0.2) is 30.1 Å². The van der Waals surface area contributed by atoms with E-state index in [0.29, 0.717) is 18.1 Å². The highest BCUT2D eigenvalue weighted by molar-refractivity contribution is 5.21. The molecular formula is C19H32N2. The van der Waals surface area contributed by atoms with Crippen molar-refractivity contribution >= 4 is 0 Å². The first kappa shape index (κ1) is 16.5. The summed E-state index contributed by atoms with van der Waals surface area (Å²) < 4.78 is 0. The Balaban J connectivity index is 2.22. The quantitative estimate of drug-likeness (QED) is 0.842. The molecule has 2 rings (SSSR count). The molecule has 1 aromatic rings. The summed E-state index contributed by atoms with van der Waals surface area (Å²) in [4.78, 5) is 2.76. The van der Waals surface area contributed by atoms with Crippen molar-refractivity contribution in [1.29, 1.82) is 0 Å². The lowest BCUT2D eigenvalue weighted by molar-refractivity contribution is 0.0546. The van der Waals surface area contributed by atoms with Crippen molar-refractivity contribution in [3.63, 3.8) is 0 Å². The van der Waals surface area contributed by atoms with Gasteiger partial charge in [0.15, 0.2) is 0 Å². The van der Waals surface area contributed by atoms with Crippen molar-refractivity contribution < 1.29 is 0 Å². The third-order valence-electron chi connectivity index (χ3n) is 4.98. The van der Waals surface area contributed by atoms with E-state index in [0.717, 1.165) is 12.5 Å². The van der Waals surface area contributed by atoms with Gasteiger partial charge in [-0.2, -0.15) is 0 Å². The molecule has 0 spiro atoms. The van der Waals surface area contributed by atoms with E-state index < -0.39 is 0 Å². The molecule has 0 bridgehead atoms. The van der Waals surface area contributed by atoms with Gasteiger partial charge >= 0.3 is 0 Å². The van der Waals surface area contributed by atoms with E-state index in [1.54, 1.807) is 0 Å². The van der Waals surface area contributed by atoms with E-state index in [4.69, 9.17) is 0 Å². The first-order valence-corrected chi connectivity index (χ1v) is 8.71. The number of likely N-dealkylation sites (N-methyl/N-ethyl adjacent to an activating group) is 1. The zero-order valence-corrected chi connectivity index (χ0v) is 14.2. The van der Waals surface area contributed by atoms with Crippen LogP contribution < -0.4 is 5.32 Å². The lowest BCUT2D eigenvalue weighted by atomic mass is 9.88.